The standard InChI is InChI=1S/C21H36N4O3.HI/c1-26-15-11-23-20(22-10-7-19-6-5-14-28-19)24-18-21(8-3-2-4-9-21)25-12-16-27-17-13-25;/h5-6,14H,2-4,7-13,15-18H2,1H3,(H2,22,23,24);1H. The fourth-order valence-corrected chi connectivity index (χ4v) is 4.25. The summed E-state index contributed by atoms with van der Waals surface area (Å²) in [7, 11) is 1.72. The Morgan fingerprint density at radius 1 is 1.17 bits per heavy atom. The van der Waals surface area contributed by atoms with Crippen LogP contribution in [0.5, 0.6) is 0 Å². The Hall–Kier alpha value is -0.840. The lowest BCUT2D eigenvalue weighted by Gasteiger charge is -2.47. The monoisotopic (exact) mass is 520 g/mol. The molecule has 2 fully saturated rings. The van der Waals surface area contributed by atoms with E-state index in [1.165, 1.54) is 32.1 Å². The third-order valence-electron chi connectivity index (χ3n) is 5.84. The summed E-state index contributed by atoms with van der Waals surface area (Å²) >= 11 is 0. The van der Waals surface area contributed by atoms with Crippen LogP contribution < -0.4 is 10.6 Å². The van der Waals surface area contributed by atoms with Gasteiger partial charge in [-0.1, -0.05) is 19.3 Å². The lowest BCUT2D eigenvalue weighted by atomic mass is 9.80. The van der Waals surface area contributed by atoms with Crippen LogP contribution in [-0.4, -0.2) is 76.1 Å². The number of furan rings is 1. The molecule has 29 heavy (non-hydrogen) atoms. The zero-order valence-electron chi connectivity index (χ0n) is 17.7. The molecule has 1 saturated heterocycles. The average molecular weight is 520 g/mol. The SMILES string of the molecule is COCCNC(=NCC1(N2CCOCC2)CCCCC1)NCCc1ccco1.I. The molecule has 1 aromatic heterocycles. The van der Waals surface area contributed by atoms with Crippen molar-refractivity contribution in [3.63, 3.8) is 0 Å². The van der Waals surface area contributed by atoms with E-state index < -0.39 is 0 Å². The Morgan fingerprint density at radius 2 is 1.93 bits per heavy atom. The third-order valence-corrected chi connectivity index (χ3v) is 5.84. The molecule has 8 heteroatoms. The molecule has 0 radical (unpaired) electrons. The second-order valence-electron chi connectivity index (χ2n) is 7.72. The number of guanidine groups is 1. The van der Waals surface area contributed by atoms with Crippen LogP contribution in [0.4, 0.5) is 0 Å². The maximum Gasteiger partial charge on any atom is 0.191 e. The largest absolute Gasteiger partial charge is 0.469 e. The van der Waals surface area contributed by atoms with Gasteiger partial charge in [-0.2, -0.15) is 0 Å². The number of ether oxygens (including phenoxy) is 2. The van der Waals surface area contributed by atoms with Crippen molar-refractivity contribution in [3.05, 3.63) is 24.2 Å². The third kappa shape index (κ3) is 7.73. The highest BCUT2D eigenvalue weighted by molar-refractivity contribution is 14.0. The summed E-state index contributed by atoms with van der Waals surface area (Å²) in [6.07, 6.45) is 8.96. The van der Waals surface area contributed by atoms with Gasteiger partial charge < -0.3 is 24.5 Å². The summed E-state index contributed by atoms with van der Waals surface area (Å²) in [5.41, 5.74) is 0.179. The molecule has 0 atom stereocenters. The van der Waals surface area contributed by atoms with Gasteiger partial charge in [0.2, 0.25) is 0 Å². The van der Waals surface area contributed by atoms with Gasteiger partial charge in [-0.3, -0.25) is 9.89 Å². The van der Waals surface area contributed by atoms with Gasteiger partial charge in [0.05, 0.1) is 32.6 Å². The average Bonchev–Trinajstić information content (AvgIpc) is 3.27. The van der Waals surface area contributed by atoms with Crippen LogP contribution in [-0.2, 0) is 15.9 Å². The van der Waals surface area contributed by atoms with Gasteiger partial charge in [-0.05, 0) is 25.0 Å². The van der Waals surface area contributed by atoms with Crippen LogP contribution in [0.2, 0.25) is 0 Å². The highest BCUT2D eigenvalue weighted by Crippen LogP contribution is 2.34. The van der Waals surface area contributed by atoms with Gasteiger partial charge in [0.25, 0.3) is 0 Å². The van der Waals surface area contributed by atoms with Gasteiger partial charge in [0.15, 0.2) is 5.96 Å². The predicted molar refractivity (Wildman–Crippen MR) is 126 cm³/mol. The van der Waals surface area contributed by atoms with Crippen molar-refractivity contribution in [3.8, 4) is 0 Å². The molecule has 2 heterocycles. The fourth-order valence-electron chi connectivity index (χ4n) is 4.25. The van der Waals surface area contributed by atoms with Gasteiger partial charge in [0, 0.05) is 45.2 Å². The molecule has 1 aromatic rings. The van der Waals surface area contributed by atoms with E-state index >= 15 is 0 Å². The van der Waals surface area contributed by atoms with Gasteiger partial charge in [-0.15, -0.1) is 24.0 Å². The minimum Gasteiger partial charge on any atom is -0.469 e. The zero-order valence-corrected chi connectivity index (χ0v) is 20.0. The quantitative estimate of drug-likeness (QED) is 0.226. The van der Waals surface area contributed by atoms with Gasteiger partial charge in [0.1, 0.15) is 5.76 Å². The number of morpholine rings is 1. The Labute approximate surface area is 192 Å². The molecular formula is C21H37IN4O3. The molecular weight excluding hydrogens is 483 g/mol. The first-order valence-electron chi connectivity index (χ1n) is 10.7. The first kappa shape index (κ1) is 24.4. The molecule has 0 bridgehead atoms. The smallest absolute Gasteiger partial charge is 0.191 e. The van der Waals surface area contributed by atoms with E-state index in [1.807, 2.05) is 12.1 Å². The summed E-state index contributed by atoms with van der Waals surface area (Å²) < 4.78 is 16.2. The van der Waals surface area contributed by atoms with E-state index in [1.54, 1.807) is 13.4 Å². The van der Waals surface area contributed by atoms with E-state index in [9.17, 15) is 0 Å². The van der Waals surface area contributed by atoms with Crippen LogP contribution in [0.3, 0.4) is 0 Å². The molecule has 7 nitrogen and oxygen atoms in total. The predicted octanol–water partition coefficient (Wildman–Crippen LogP) is 2.66. The zero-order chi connectivity index (χ0) is 19.5. The van der Waals surface area contributed by atoms with E-state index in [2.05, 4.69) is 15.5 Å². The fraction of sp³-hybridized carbons (Fsp3) is 0.762. The van der Waals surface area contributed by atoms with Gasteiger partial charge >= 0.3 is 0 Å². The van der Waals surface area contributed by atoms with E-state index in [-0.39, 0.29) is 29.5 Å². The second kappa shape index (κ2) is 13.5. The van der Waals surface area contributed by atoms with E-state index in [0.717, 1.165) is 64.1 Å². The maximum absolute atomic E-state index is 5.59. The number of hydrogen-bond donors (Lipinski definition) is 2. The number of nitrogens with one attached hydrogen (secondary N) is 2. The summed E-state index contributed by atoms with van der Waals surface area (Å²) in [4.78, 5) is 7.64. The van der Waals surface area contributed by atoms with Crippen LogP contribution in [0.1, 0.15) is 37.9 Å². The molecule has 0 amide bonds. The molecule has 0 unspecified atom stereocenters. The molecule has 0 aromatic carbocycles. The Bertz CT molecular complexity index is 570. The Balaban J connectivity index is 0.00000300. The molecule has 1 aliphatic heterocycles. The van der Waals surface area contributed by atoms with Crippen molar-refractivity contribution in [2.45, 2.75) is 44.1 Å². The van der Waals surface area contributed by atoms with Crippen molar-refractivity contribution in [1.29, 1.82) is 0 Å². The molecule has 2 N–H and O–H groups in total. The Kier molecular flexibility index (Phi) is 11.3. The first-order chi connectivity index (χ1) is 13.8. The minimum atomic E-state index is 0. The number of methoxy groups -OCH3 is 1. The molecule has 0 spiro atoms. The van der Waals surface area contributed by atoms with Crippen molar-refractivity contribution in [2.75, 3.05) is 59.7 Å². The van der Waals surface area contributed by atoms with Crippen LogP contribution in [0.25, 0.3) is 0 Å². The lowest BCUT2D eigenvalue weighted by Crippen LogP contribution is -2.56. The van der Waals surface area contributed by atoms with E-state index in [4.69, 9.17) is 18.9 Å². The summed E-state index contributed by atoms with van der Waals surface area (Å²) in [5, 5.41) is 6.86. The minimum absolute atomic E-state index is 0. The highest BCUT2D eigenvalue weighted by atomic mass is 127. The first-order valence-corrected chi connectivity index (χ1v) is 10.7. The van der Waals surface area contributed by atoms with Gasteiger partial charge in [-0.25, -0.2) is 0 Å². The number of aliphatic imine (C=N–C) groups is 1. The summed E-state index contributed by atoms with van der Waals surface area (Å²) in [5.74, 6) is 1.85. The molecule has 166 valence electrons. The molecule has 1 aliphatic carbocycles. The number of halogens is 1. The van der Waals surface area contributed by atoms with Crippen molar-refractivity contribution in [2.24, 2.45) is 4.99 Å². The Morgan fingerprint density at radius 3 is 2.62 bits per heavy atom. The van der Waals surface area contributed by atoms with Crippen LogP contribution >= 0.6 is 24.0 Å². The highest BCUT2D eigenvalue weighted by Gasteiger charge is 2.38. The number of rotatable bonds is 9. The van der Waals surface area contributed by atoms with Crippen molar-refractivity contribution < 1.29 is 13.9 Å². The normalized spacial score (nSPS) is 20.1. The topological polar surface area (TPSA) is 71.3 Å². The van der Waals surface area contributed by atoms with Crippen molar-refractivity contribution >= 4 is 29.9 Å². The van der Waals surface area contributed by atoms with Crippen molar-refractivity contribution in [1.82, 2.24) is 15.5 Å². The maximum atomic E-state index is 5.59. The second-order valence-corrected chi connectivity index (χ2v) is 7.72. The molecule has 1 saturated carbocycles. The summed E-state index contributed by atoms with van der Waals surface area (Å²) in [6, 6.07) is 3.93. The number of hydrogen-bond acceptors (Lipinski definition) is 5. The summed E-state index contributed by atoms with van der Waals surface area (Å²) in [6.45, 7) is 6.74. The number of nitrogens with zero attached hydrogens (tertiary/aromatic N) is 2. The van der Waals surface area contributed by atoms with Crippen LogP contribution in [0.15, 0.2) is 27.8 Å². The molecule has 2 aliphatic rings. The lowest BCUT2D eigenvalue weighted by molar-refractivity contribution is -0.0333. The van der Waals surface area contributed by atoms with Crippen LogP contribution in [0, 0.1) is 0 Å². The van der Waals surface area contributed by atoms with E-state index in [0.29, 0.717) is 6.61 Å². The molecule has 3 rings (SSSR count).